The fourth-order valence-corrected chi connectivity index (χ4v) is 1.08. The molecule has 0 aromatic heterocycles. The van der Waals surface area contributed by atoms with E-state index in [1.165, 1.54) is 11.1 Å². The molecule has 0 radical (unpaired) electrons. The van der Waals surface area contributed by atoms with E-state index in [0.717, 1.165) is 18.4 Å². The van der Waals surface area contributed by atoms with E-state index in [1.807, 2.05) is 13.0 Å². The van der Waals surface area contributed by atoms with Gasteiger partial charge in [-0.15, -0.1) is 0 Å². The van der Waals surface area contributed by atoms with Crippen LogP contribution in [-0.4, -0.2) is 0 Å². The lowest BCUT2D eigenvalue weighted by Crippen LogP contribution is -1.85. The van der Waals surface area contributed by atoms with E-state index in [1.54, 1.807) is 0 Å². The summed E-state index contributed by atoms with van der Waals surface area (Å²) in [6.07, 6.45) is 8.28. The molecule has 72 valence electrons. The smallest absolute Gasteiger partial charge is 0.0234 e. The van der Waals surface area contributed by atoms with Crippen LogP contribution in [0.4, 0.5) is 0 Å². The summed E-state index contributed by atoms with van der Waals surface area (Å²) in [6, 6.07) is 0. The summed E-state index contributed by atoms with van der Waals surface area (Å²) in [7, 11) is 0. The average Bonchev–Trinajstić information content (AvgIpc) is 2.14. The van der Waals surface area contributed by atoms with Crippen molar-refractivity contribution in [1.82, 2.24) is 0 Å². The van der Waals surface area contributed by atoms with E-state index >= 15 is 0 Å². The van der Waals surface area contributed by atoms with Crippen molar-refractivity contribution < 1.29 is 0 Å². The summed E-state index contributed by atoms with van der Waals surface area (Å²) < 4.78 is 0. The van der Waals surface area contributed by atoms with Gasteiger partial charge >= 0.3 is 0 Å². The van der Waals surface area contributed by atoms with E-state index in [0.29, 0.717) is 0 Å². The van der Waals surface area contributed by atoms with Crippen molar-refractivity contribution >= 4 is 0 Å². The first-order chi connectivity index (χ1) is 6.15. The molecular weight excluding hydrogens is 156 g/mol. The van der Waals surface area contributed by atoms with Crippen molar-refractivity contribution in [3.63, 3.8) is 0 Å². The predicted molar refractivity (Wildman–Crippen MR) is 61.8 cm³/mol. The number of rotatable bonds is 5. The zero-order valence-corrected chi connectivity index (χ0v) is 9.06. The Morgan fingerprint density at radius 3 is 2.38 bits per heavy atom. The standard InChI is InChI=1S/C13H20/c1-6-9-12(5)13(8-3)10-11(4)7-2/h7-8,10H,3,5-6,9H2,1-2,4H3. The van der Waals surface area contributed by atoms with Gasteiger partial charge in [-0.3, -0.25) is 0 Å². The molecule has 0 saturated heterocycles. The second-order valence-corrected chi connectivity index (χ2v) is 3.19. The summed E-state index contributed by atoms with van der Waals surface area (Å²) in [5.74, 6) is 0. The van der Waals surface area contributed by atoms with Gasteiger partial charge in [0.05, 0.1) is 0 Å². The Kier molecular flexibility index (Phi) is 5.96. The highest BCUT2D eigenvalue weighted by Gasteiger charge is 1.96. The lowest BCUT2D eigenvalue weighted by atomic mass is 10.0. The molecule has 0 aromatic rings. The van der Waals surface area contributed by atoms with Crippen LogP contribution in [0, 0.1) is 0 Å². The molecule has 0 N–H and O–H groups in total. The van der Waals surface area contributed by atoms with Crippen LogP contribution in [0.25, 0.3) is 0 Å². The predicted octanol–water partition coefficient (Wildman–Crippen LogP) is 4.42. The first-order valence-corrected chi connectivity index (χ1v) is 4.80. The van der Waals surface area contributed by atoms with E-state index < -0.39 is 0 Å². The van der Waals surface area contributed by atoms with Gasteiger partial charge in [0.25, 0.3) is 0 Å². The van der Waals surface area contributed by atoms with Crippen LogP contribution in [0.2, 0.25) is 0 Å². The molecule has 0 rings (SSSR count). The van der Waals surface area contributed by atoms with Gasteiger partial charge in [-0.25, -0.2) is 0 Å². The first kappa shape index (κ1) is 12.0. The van der Waals surface area contributed by atoms with Gasteiger partial charge in [0.15, 0.2) is 0 Å². The summed E-state index contributed by atoms with van der Waals surface area (Å²) in [5.41, 5.74) is 3.60. The van der Waals surface area contributed by atoms with Crippen LogP contribution in [0.5, 0.6) is 0 Å². The maximum Gasteiger partial charge on any atom is -0.0234 e. The van der Waals surface area contributed by atoms with Crippen LogP contribution in [-0.2, 0) is 0 Å². The van der Waals surface area contributed by atoms with Gasteiger partial charge in [0.1, 0.15) is 0 Å². The second-order valence-electron chi connectivity index (χ2n) is 3.19. The Morgan fingerprint density at radius 2 is 2.00 bits per heavy atom. The van der Waals surface area contributed by atoms with Crippen LogP contribution >= 0.6 is 0 Å². The van der Waals surface area contributed by atoms with Gasteiger partial charge < -0.3 is 0 Å². The van der Waals surface area contributed by atoms with Gasteiger partial charge in [0.2, 0.25) is 0 Å². The fraction of sp³-hybridized carbons (Fsp3) is 0.385. The largest absolute Gasteiger partial charge is 0.0985 e. The Morgan fingerprint density at radius 1 is 1.38 bits per heavy atom. The van der Waals surface area contributed by atoms with Crippen molar-refractivity contribution in [2.75, 3.05) is 0 Å². The van der Waals surface area contributed by atoms with Crippen molar-refractivity contribution in [1.29, 1.82) is 0 Å². The molecule has 0 nitrogen and oxygen atoms in total. The lowest BCUT2D eigenvalue weighted by molar-refractivity contribution is 0.921. The van der Waals surface area contributed by atoms with Crippen LogP contribution < -0.4 is 0 Å². The first-order valence-electron chi connectivity index (χ1n) is 4.80. The number of hydrogen-bond acceptors (Lipinski definition) is 0. The summed E-state index contributed by atoms with van der Waals surface area (Å²) in [6.45, 7) is 14.1. The van der Waals surface area contributed by atoms with Crippen molar-refractivity contribution in [3.8, 4) is 0 Å². The molecule has 0 saturated carbocycles. The number of hydrogen-bond donors (Lipinski definition) is 0. The highest BCUT2D eigenvalue weighted by atomic mass is 14.0. The normalized spacial score (nSPS) is 12.8. The van der Waals surface area contributed by atoms with Gasteiger partial charge in [-0.1, -0.05) is 50.3 Å². The Bertz CT molecular complexity index is 239. The third-order valence-corrected chi connectivity index (χ3v) is 2.02. The molecule has 0 heteroatoms. The minimum absolute atomic E-state index is 1.05. The Hall–Kier alpha value is -1.04. The van der Waals surface area contributed by atoms with E-state index in [4.69, 9.17) is 0 Å². The minimum atomic E-state index is 1.05. The molecule has 0 aliphatic rings. The van der Waals surface area contributed by atoms with Gasteiger partial charge in [-0.05, 0) is 31.4 Å². The van der Waals surface area contributed by atoms with Gasteiger partial charge in [0, 0.05) is 0 Å². The van der Waals surface area contributed by atoms with E-state index in [9.17, 15) is 0 Å². The van der Waals surface area contributed by atoms with E-state index in [2.05, 4.69) is 39.2 Å². The molecule has 13 heavy (non-hydrogen) atoms. The molecule has 0 aliphatic heterocycles. The van der Waals surface area contributed by atoms with E-state index in [-0.39, 0.29) is 0 Å². The second kappa shape index (κ2) is 6.47. The number of allylic oxidation sites excluding steroid dienone is 6. The monoisotopic (exact) mass is 176 g/mol. The third kappa shape index (κ3) is 4.51. The fourth-order valence-electron chi connectivity index (χ4n) is 1.08. The topological polar surface area (TPSA) is 0 Å². The minimum Gasteiger partial charge on any atom is -0.0985 e. The average molecular weight is 176 g/mol. The lowest BCUT2D eigenvalue weighted by Gasteiger charge is -2.05. The SMILES string of the molecule is C=CC(=CC(C)=CC)C(=C)CCC. The van der Waals surface area contributed by atoms with Gasteiger partial charge in [-0.2, -0.15) is 0 Å². The molecule has 0 bridgehead atoms. The third-order valence-electron chi connectivity index (χ3n) is 2.02. The zero-order valence-electron chi connectivity index (χ0n) is 9.06. The molecule has 0 unspecified atom stereocenters. The highest BCUT2D eigenvalue weighted by Crippen LogP contribution is 2.16. The summed E-state index contributed by atoms with van der Waals surface area (Å²) in [5, 5.41) is 0. The van der Waals surface area contributed by atoms with Crippen molar-refractivity contribution in [2.45, 2.75) is 33.6 Å². The zero-order chi connectivity index (χ0) is 10.3. The maximum atomic E-state index is 4.04. The molecule has 0 atom stereocenters. The quantitative estimate of drug-likeness (QED) is 0.544. The molecule has 0 aromatic carbocycles. The van der Waals surface area contributed by atoms with Crippen molar-refractivity contribution in [2.24, 2.45) is 0 Å². The maximum absolute atomic E-state index is 4.04. The molecular formula is C13H20. The van der Waals surface area contributed by atoms with Crippen LogP contribution in [0.1, 0.15) is 33.6 Å². The Labute approximate surface area is 82.4 Å². The Balaban J connectivity index is 4.59. The van der Waals surface area contributed by atoms with Crippen LogP contribution in [0.15, 0.2) is 48.1 Å². The molecule has 0 heterocycles. The molecule has 0 fully saturated rings. The van der Waals surface area contributed by atoms with Crippen molar-refractivity contribution in [3.05, 3.63) is 48.1 Å². The molecule has 0 amide bonds. The summed E-state index contributed by atoms with van der Waals surface area (Å²) in [4.78, 5) is 0. The molecule has 0 aliphatic carbocycles. The molecule has 0 spiro atoms. The van der Waals surface area contributed by atoms with Crippen LogP contribution in [0.3, 0.4) is 0 Å². The summed E-state index contributed by atoms with van der Waals surface area (Å²) >= 11 is 0. The highest BCUT2D eigenvalue weighted by molar-refractivity contribution is 5.41.